The molecule has 4 rings (SSSR count). The molecule has 8 unspecified atom stereocenters. The third-order valence-electron chi connectivity index (χ3n) is 7.45. The molecule has 3 aliphatic carbocycles. The van der Waals surface area contributed by atoms with E-state index in [0.29, 0.717) is 18.4 Å². The minimum Gasteiger partial charge on any atom is -0.282 e. The predicted octanol–water partition coefficient (Wildman–Crippen LogP) is 2.95. The van der Waals surface area contributed by atoms with Gasteiger partial charge >= 0.3 is 0 Å². The molecule has 116 valence electrons. The fraction of sp³-hybridized carbons (Fsp3) is 0.889. The van der Waals surface area contributed by atoms with Crippen LogP contribution in [0.1, 0.15) is 46.5 Å². The van der Waals surface area contributed by atoms with Gasteiger partial charge in [-0.25, -0.2) is 0 Å². The van der Waals surface area contributed by atoms with E-state index < -0.39 is 0 Å². The Kier molecular flexibility index (Phi) is 3.00. The molecule has 3 saturated carbocycles. The van der Waals surface area contributed by atoms with Crippen LogP contribution < -0.4 is 0 Å². The Hall–Kier alpha value is -0.860. The maximum atomic E-state index is 12.7. The Bertz CT molecular complexity index is 448. The van der Waals surface area contributed by atoms with Gasteiger partial charge in [-0.05, 0) is 55.3 Å². The minimum atomic E-state index is 0.0494. The van der Waals surface area contributed by atoms with Gasteiger partial charge in [0.05, 0.1) is 11.8 Å². The standard InChI is InChI=1S/C18H27NO2/c1-4-9-7-10(5-2)14-12-8-11(13(9)14)15-16(12)18(21)19(6-3)17(15)20/h9-16H,4-8H2,1-3H3. The summed E-state index contributed by atoms with van der Waals surface area (Å²) in [5.74, 6) is 4.52. The number of nitrogens with zero attached hydrogens (tertiary/aromatic N) is 1. The van der Waals surface area contributed by atoms with E-state index in [4.69, 9.17) is 0 Å². The molecular weight excluding hydrogens is 262 g/mol. The van der Waals surface area contributed by atoms with Crippen LogP contribution in [0.5, 0.6) is 0 Å². The maximum Gasteiger partial charge on any atom is 0.233 e. The Morgan fingerprint density at radius 3 is 1.71 bits per heavy atom. The van der Waals surface area contributed by atoms with E-state index in [9.17, 15) is 9.59 Å². The fourth-order valence-electron chi connectivity index (χ4n) is 6.87. The lowest BCUT2D eigenvalue weighted by molar-refractivity contribution is -0.140. The highest BCUT2D eigenvalue weighted by molar-refractivity contribution is 6.06. The first-order valence-corrected chi connectivity index (χ1v) is 8.99. The van der Waals surface area contributed by atoms with Crippen LogP contribution in [0, 0.1) is 47.3 Å². The number of likely N-dealkylation sites (tertiary alicyclic amines) is 1. The smallest absolute Gasteiger partial charge is 0.233 e. The van der Waals surface area contributed by atoms with Gasteiger partial charge < -0.3 is 0 Å². The first-order chi connectivity index (χ1) is 10.1. The lowest BCUT2D eigenvalue weighted by atomic mass is 9.66. The molecule has 0 aromatic rings. The third kappa shape index (κ3) is 1.50. The summed E-state index contributed by atoms with van der Waals surface area (Å²) in [6, 6.07) is 0. The third-order valence-corrected chi connectivity index (χ3v) is 7.45. The molecule has 3 heteroatoms. The van der Waals surface area contributed by atoms with Crippen molar-refractivity contribution >= 4 is 11.8 Å². The molecule has 1 aliphatic heterocycles. The SMILES string of the molecule is CCC1CC(CC)C2C3CC(C4C(=O)N(CC)C(=O)C34)C12. The van der Waals surface area contributed by atoms with Gasteiger partial charge in [0.1, 0.15) is 0 Å². The summed E-state index contributed by atoms with van der Waals surface area (Å²) < 4.78 is 0. The molecular formula is C18H27NO2. The molecule has 0 N–H and O–H groups in total. The van der Waals surface area contributed by atoms with Crippen LogP contribution in [0.25, 0.3) is 0 Å². The van der Waals surface area contributed by atoms with E-state index in [-0.39, 0.29) is 23.7 Å². The van der Waals surface area contributed by atoms with Gasteiger partial charge in [-0.2, -0.15) is 0 Å². The van der Waals surface area contributed by atoms with Gasteiger partial charge in [0.15, 0.2) is 0 Å². The van der Waals surface area contributed by atoms with Gasteiger partial charge in [0, 0.05) is 6.54 Å². The average Bonchev–Trinajstić information content (AvgIpc) is 3.18. The number of imide groups is 1. The largest absolute Gasteiger partial charge is 0.282 e. The first-order valence-electron chi connectivity index (χ1n) is 8.99. The second-order valence-corrected chi connectivity index (χ2v) is 7.76. The second kappa shape index (κ2) is 4.57. The van der Waals surface area contributed by atoms with Crippen molar-refractivity contribution in [3.63, 3.8) is 0 Å². The topological polar surface area (TPSA) is 37.4 Å². The summed E-state index contributed by atoms with van der Waals surface area (Å²) in [4.78, 5) is 26.9. The van der Waals surface area contributed by atoms with E-state index in [1.165, 1.54) is 19.3 Å². The lowest BCUT2D eigenvalue weighted by Gasteiger charge is -2.35. The molecule has 3 nitrogen and oxygen atoms in total. The van der Waals surface area contributed by atoms with Gasteiger partial charge in [0.2, 0.25) is 11.8 Å². The van der Waals surface area contributed by atoms with Crippen molar-refractivity contribution in [2.24, 2.45) is 47.3 Å². The lowest BCUT2D eigenvalue weighted by Crippen LogP contribution is -2.37. The van der Waals surface area contributed by atoms with E-state index in [2.05, 4.69) is 13.8 Å². The molecule has 0 spiro atoms. The van der Waals surface area contributed by atoms with Crippen molar-refractivity contribution in [1.82, 2.24) is 4.90 Å². The molecule has 0 radical (unpaired) electrons. The Balaban J connectivity index is 1.71. The number of hydrogen-bond acceptors (Lipinski definition) is 2. The highest BCUT2D eigenvalue weighted by Crippen LogP contribution is 2.69. The zero-order chi connectivity index (χ0) is 14.9. The second-order valence-electron chi connectivity index (χ2n) is 7.76. The van der Waals surface area contributed by atoms with Gasteiger partial charge in [-0.3, -0.25) is 14.5 Å². The molecule has 1 saturated heterocycles. The summed E-state index contributed by atoms with van der Waals surface area (Å²) >= 11 is 0. The normalized spacial score (nSPS) is 50.9. The molecule has 0 aromatic carbocycles. The number of carbonyl (C=O) groups is 2. The molecule has 21 heavy (non-hydrogen) atoms. The molecule has 2 bridgehead atoms. The van der Waals surface area contributed by atoms with Crippen molar-refractivity contribution in [2.45, 2.75) is 46.5 Å². The zero-order valence-electron chi connectivity index (χ0n) is 13.4. The summed E-state index contributed by atoms with van der Waals surface area (Å²) in [6.45, 7) is 7.11. The van der Waals surface area contributed by atoms with Crippen LogP contribution in [0.15, 0.2) is 0 Å². The Morgan fingerprint density at radius 2 is 1.33 bits per heavy atom. The quantitative estimate of drug-likeness (QED) is 0.749. The predicted molar refractivity (Wildman–Crippen MR) is 80.1 cm³/mol. The zero-order valence-corrected chi connectivity index (χ0v) is 13.4. The summed E-state index contributed by atoms with van der Waals surface area (Å²) in [5, 5.41) is 0. The van der Waals surface area contributed by atoms with E-state index in [1.54, 1.807) is 4.90 Å². The molecule has 8 atom stereocenters. The van der Waals surface area contributed by atoms with E-state index in [0.717, 1.165) is 30.1 Å². The number of amides is 2. The summed E-state index contributed by atoms with van der Waals surface area (Å²) in [6.07, 6.45) is 5.00. The number of carbonyl (C=O) groups excluding carboxylic acids is 2. The molecule has 4 fully saturated rings. The molecule has 2 amide bonds. The van der Waals surface area contributed by atoms with Gasteiger partial charge in [-0.15, -0.1) is 0 Å². The molecule has 0 aromatic heterocycles. The van der Waals surface area contributed by atoms with Crippen molar-refractivity contribution in [3.8, 4) is 0 Å². The van der Waals surface area contributed by atoms with Crippen molar-refractivity contribution in [2.75, 3.05) is 6.54 Å². The summed E-state index contributed by atoms with van der Waals surface area (Å²) in [5.41, 5.74) is 0. The number of rotatable bonds is 3. The van der Waals surface area contributed by atoms with Crippen molar-refractivity contribution in [3.05, 3.63) is 0 Å². The van der Waals surface area contributed by atoms with Crippen LogP contribution in [0.4, 0.5) is 0 Å². The van der Waals surface area contributed by atoms with Gasteiger partial charge in [-0.1, -0.05) is 26.7 Å². The maximum absolute atomic E-state index is 12.7. The van der Waals surface area contributed by atoms with Crippen molar-refractivity contribution < 1.29 is 9.59 Å². The monoisotopic (exact) mass is 289 g/mol. The van der Waals surface area contributed by atoms with Crippen LogP contribution in [-0.2, 0) is 9.59 Å². The first kappa shape index (κ1) is 13.8. The van der Waals surface area contributed by atoms with E-state index >= 15 is 0 Å². The van der Waals surface area contributed by atoms with Crippen molar-refractivity contribution in [1.29, 1.82) is 0 Å². The molecule has 1 heterocycles. The average molecular weight is 289 g/mol. The minimum absolute atomic E-state index is 0.0494. The number of fused-ring (bicyclic) bond motifs is 8. The molecule has 4 aliphatic rings. The Labute approximate surface area is 127 Å². The highest BCUT2D eigenvalue weighted by Gasteiger charge is 2.69. The van der Waals surface area contributed by atoms with E-state index in [1.807, 2.05) is 6.92 Å². The number of hydrogen-bond donors (Lipinski definition) is 0. The van der Waals surface area contributed by atoms with Crippen LogP contribution >= 0.6 is 0 Å². The van der Waals surface area contributed by atoms with Gasteiger partial charge in [0.25, 0.3) is 0 Å². The Morgan fingerprint density at radius 1 is 0.857 bits per heavy atom. The fourth-order valence-corrected chi connectivity index (χ4v) is 6.87. The van der Waals surface area contributed by atoms with Crippen LogP contribution in [-0.4, -0.2) is 23.3 Å². The summed E-state index contributed by atoms with van der Waals surface area (Å²) in [7, 11) is 0. The highest BCUT2D eigenvalue weighted by atomic mass is 16.2. The van der Waals surface area contributed by atoms with Crippen LogP contribution in [0.3, 0.4) is 0 Å². The van der Waals surface area contributed by atoms with Crippen LogP contribution in [0.2, 0.25) is 0 Å².